The number of para-hydroxylation sites is 5. The van der Waals surface area contributed by atoms with Gasteiger partial charge in [0.25, 0.3) is 0 Å². The van der Waals surface area contributed by atoms with E-state index in [1.54, 1.807) is 0 Å². The van der Waals surface area contributed by atoms with Gasteiger partial charge in [-0.3, -0.25) is 0 Å². The molecule has 0 unspecified atom stereocenters. The van der Waals surface area contributed by atoms with Crippen molar-refractivity contribution in [2.45, 2.75) is 0 Å². The molecule has 0 spiro atoms. The third-order valence-electron chi connectivity index (χ3n) is 15.8. The first kappa shape index (κ1) is 40.2. The number of fused-ring (bicyclic) bond motifs is 10. The molecule has 0 atom stereocenters. The van der Waals surface area contributed by atoms with Gasteiger partial charge in [0.2, 0.25) is 0 Å². The molecule has 0 radical (unpaired) electrons. The van der Waals surface area contributed by atoms with Gasteiger partial charge >= 0.3 is 0 Å². The van der Waals surface area contributed by atoms with Crippen molar-refractivity contribution >= 4 is 118 Å². The van der Waals surface area contributed by atoms with Crippen LogP contribution in [0.1, 0.15) is 0 Å². The van der Waals surface area contributed by atoms with Crippen molar-refractivity contribution in [2.24, 2.45) is 0 Å². The molecule has 3 nitrogen and oxygen atoms in total. The lowest BCUT2D eigenvalue weighted by Crippen LogP contribution is -2.82. The molecule has 0 aliphatic carbocycles. The van der Waals surface area contributed by atoms with Gasteiger partial charge in [0.15, 0.2) is 16.1 Å². The van der Waals surface area contributed by atoms with E-state index < -0.39 is 16.1 Å². The number of nitrogens with zero attached hydrogens (tertiary/aromatic N) is 3. The van der Waals surface area contributed by atoms with E-state index in [2.05, 4.69) is 287 Å². The summed E-state index contributed by atoms with van der Waals surface area (Å²) in [4.78, 5) is 2.68. The van der Waals surface area contributed by atoms with Gasteiger partial charge in [0.1, 0.15) is 0 Å². The maximum Gasteiger partial charge on any atom is 0.184 e. The fourth-order valence-electron chi connectivity index (χ4n) is 13.1. The predicted octanol–water partition coefficient (Wildman–Crippen LogP) is 10.7. The molecule has 332 valence electrons. The molecule has 0 saturated heterocycles. The molecule has 2 aliphatic rings. The topological polar surface area (TPSA) is 13.1 Å². The lowest BCUT2D eigenvalue weighted by Gasteiger charge is -2.52. The molecule has 71 heavy (non-hydrogen) atoms. The Morgan fingerprint density at radius 3 is 1.11 bits per heavy atom. The molecule has 4 heterocycles. The van der Waals surface area contributed by atoms with Gasteiger partial charge in [-0.25, -0.2) is 0 Å². The standard InChI is InChI=1S/C66H45N3Si2/c1-5-22-48(23-6-1)70(49-24-7-2-8-25-49)62-37-20-19-36-60(62)69-61-45-47(41-43-63(61)71(50-26-9-3-10-27-50,51-28-11-4-12-29-51)65-39-21-38-64(70)66(65)69)68-58-35-18-15-32-54(58)55-44-46(40-42-59(55)68)67-56-33-16-13-30-52(56)53-31-14-17-34-57(53)67/h1-45H. The van der Waals surface area contributed by atoms with Gasteiger partial charge in [0, 0.05) is 50.0 Å². The van der Waals surface area contributed by atoms with Crippen molar-refractivity contribution in [1.82, 2.24) is 9.13 Å². The van der Waals surface area contributed by atoms with Crippen LogP contribution in [0.25, 0.3) is 55.0 Å². The summed E-state index contributed by atoms with van der Waals surface area (Å²) in [5.41, 5.74) is 10.9. The van der Waals surface area contributed by atoms with Crippen LogP contribution in [-0.2, 0) is 0 Å². The van der Waals surface area contributed by atoms with Gasteiger partial charge in [0.05, 0.1) is 22.1 Å². The normalized spacial score (nSPS) is 14.1. The van der Waals surface area contributed by atoms with Crippen LogP contribution in [0.5, 0.6) is 0 Å². The van der Waals surface area contributed by atoms with E-state index in [4.69, 9.17) is 0 Å². The molecule has 15 rings (SSSR count). The Morgan fingerprint density at radius 2 is 0.606 bits per heavy atom. The third kappa shape index (κ3) is 5.42. The first-order valence-corrected chi connectivity index (χ1v) is 28.7. The van der Waals surface area contributed by atoms with Gasteiger partial charge in [-0.15, -0.1) is 0 Å². The Balaban J connectivity index is 1.05. The largest absolute Gasteiger partial charge is 0.311 e. The highest BCUT2D eigenvalue weighted by molar-refractivity contribution is 7.24. The average molecular weight is 936 g/mol. The summed E-state index contributed by atoms with van der Waals surface area (Å²) >= 11 is 0. The molecular weight excluding hydrogens is 891 g/mol. The molecule has 0 saturated carbocycles. The van der Waals surface area contributed by atoms with Crippen LogP contribution in [-0.4, -0.2) is 25.3 Å². The first-order valence-electron chi connectivity index (χ1n) is 24.7. The van der Waals surface area contributed by atoms with E-state index in [0.29, 0.717) is 0 Å². The predicted molar refractivity (Wildman–Crippen MR) is 304 cm³/mol. The molecule has 0 bridgehead atoms. The maximum atomic E-state index is 2.68. The first-order chi connectivity index (χ1) is 35.3. The average Bonchev–Trinajstić information content (AvgIpc) is 3.96. The van der Waals surface area contributed by atoms with Crippen LogP contribution in [0.15, 0.2) is 273 Å². The van der Waals surface area contributed by atoms with Crippen molar-refractivity contribution in [2.75, 3.05) is 4.90 Å². The van der Waals surface area contributed by atoms with E-state index in [0.717, 1.165) is 11.4 Å². The second-order valence-corrected chi connectivity index (χ2v) is 26.6. The monoisotopic (exact) mass is 935 g/mol. The highest BCUT2D eigenvalue weighted by Gasteiger charge is 2.56. The second kappa shape index (κ2) is 15.4. The fourth-order valence-corrected chi connectivity index (χ4v) is 23.5. The van der Waals surface area contributed by atoms with Gasteiger partial charge in [-0.1, -0.05) is 218 Å². The molecule has 0 N–H and O–H groups in total. The van der Waals surface area contributed by atoms with E-state index in [9.17, 15) is 0 Å². The minimum atomic E-state index is -3.05. The number of benzene rings is 11. The highest BCUT2D eigenvalue weighted by atomic mass is 28.3. The third-order valence-corrected chi connectivity index (χ3v) is 25.5. The van der Waals surface area contributed by atoms with Crippen molar-refractivity contribution in [1.29, 1.82) is 0 Å². The zero-order valence-electron chi connectivity index (χ0n) is 38.8. The molecular formula is C66H45N3Si2. The lowest BCUT2D eigenvalue weighted by atomic mass is 10.1. The number of rotatable bonds is 6. The summed E-state index contributed by atoms with van der Waals surface area (Å²) in [6, 6.07) is 104. The Labute approximate surface area is 414 Å². The fraction of sp³-hybridized carbons (Fsp3) is 0. The molecule has 11 aromatic carbocycles. The molecule has 0 fully saturated rings. The van der Waals surface area contributed by atoms with E-state index in [1.807, 2.05) is 0 Å². The minimum absolute atomic E-state index is 1.14. The smallest absolute Gasteiger partial charge is 0.184 e. The van der Waals surface area contributed by atoms with Crippen molar-refractivity contribution in [3.8, 4) is 11.4 Å². The van der Waals surface area contributed by atoms with Gasteiger partial charge < -0.3 is 14.0 Å². The Morgan fingerprint density at radius 1 is 0.239 bits per heavy atom. The van der Waals surface area contributed by atoms with Crippen molar-refractivity contribution < 1.29 is 0 Å². The van der Waals surface area contributed by atoms with E-state index >= 15 is 0 Å². The van der Waals surface area contributed by atoms with Crippen LogP contribution in [0.3, 0.4) is 0 Å². The maximum absolute atomic E-state index is 3.05. The number of hydrogen-bond donors (Lipinski definition) is 0. The van der Waals surface area contributed by atoms with E-state index in [-0.39, 0.29) is 0 Å². The van der Waals surface area contributed by atoms with E-state index in [1.165, 1.54) is 102 Å². The molecule has 2 aliphatic heterocycles. The summed E-state index contributed by atoms with van der Waals surface area (Å²) in [6.07, 6.45) is 0. The second-order valence-electron chi connectivity index (χ2n) is 19.1. The van der Waals surface area contributed by atoms with Crippen molar-refractivity contribution in [3.63, 3.8) is 0 Å². The summed E-state index contributed by atoms with van der Waals surface area (Å²) in [5, 5.41) is 16.2. The Hall–Kier alpha value is -8.75. The minimum Gasteiger partial charge on any atom is -0.311 e. The Bertz CT molecular complexity index is 4090. The summed E-state index contributed by atoms with van der Waals surface area (Å²) in [7, 11) is -5.99. The number of aromatic nitrogens is 2. The summed E-state index contributed by atoms with van der Waals surface area (Å²) in [6.45, 7) is 0. The number of anilines is 3. The Kier molecular flexibility index (Phi) is 8.70. The summed E-state index contributed by atoms with van der Waals surface area (Å²) < 4.78 is 4.95. The lowest BCUT2D eigenvalue weighted by molar-refractivity contribution is 1.16. The zero-order chi connectivity index (χ0) is 46.7. The van der Waals surface area contributed by atoms with Crippen molar-refractivity contribution in [3.05, 3.63) is 273 Å². The molecule has 5 heteroatoms. The van der Waals surface area contributed by atoms with Gasteiger partial charge in [-0.05, 0) is 96.1 Å². The molecule has 2 aromatic heterocycles. The molecule has 13 aromatic rings. The zero-order valence-corrected chi connectivity index (χ0v) is 40.8. The van der Waals surface area contributed by atoms with Crippen LogP contribution < -0.4 is 46.4 Å². The van der Waals surface area contributed by atoms with Crippen LogP contribution in [0.4, 0.5) is 17.1 Å². The SMILES string of the molecule is c1ccc([Si]2(c3ccccc3)c3ccccc3N3c4cc(-n5c6ccccc6c6cc(-n7c8ccccc8c8ccccc87)ccc65)ccc4[Si](c4ccccc4)(c4ccccc4)c4cccc2c43)cc1. The van der Waals surface area contributed by atoms with Gasteiger partial charge in [-0.2, -0.15) is 0 Å². The van der Waals surface area contributed by atoms with Crippen LogP contribution in [0.2, 0.25) is 0 Å². The number of hydrogen-bond acceptors (Lipinski definition) is 1. The highest BCUT2D eigenvalue weighted by Crippen LogP contribution is 2.44. The quantitative estimate of drug-likeness (QED) is 0.151. The van der Waals surface area contributed by atoms with Crippen LogP contribution in [0, 0.1) is 0 Å². The molecule has 0 amide bonds. The summed E-state index contributed by atoms with van der Waals surface area (Å²) in [5.74, 6) is 0. The van der Waals surface area contributed by atoms with Crippen LogP contribution >= 0.6 is 0 Å².